The first kappa shape index (κ1) is 12.3. The molecule has 17 heavy (non-hydrogen) atoms. The summed E-state index contributed by atoms with van der Waals surface area (Å²) < 4.78 is 0. The Kier molecular flexibility index (Phi) is 3.33. The zero-order valence-electron chi connectivity index (χ0n) is 10.5. The number of amides is 2. The molecular weight excluding hydrogens is 216 g/mol. The van der Waals surface area contributed by atoms with Crippen molar-refractivity contribution in [2.75, 3.05) is 13.1 Å². The molecule has 1 aliphatic carbocycles. The fraction of sp³-hybridized carbons (Fsp3) is 0.692. The van der Waals surface area contributed by atoms with Crippen molar-refractivity contribution >= 4 is 11.8 Å². The first-order chi connectivity index (χ1) is 8.00. The third kappa shape index (κ3) is 2.57. The lowest BCUT2D eigenvalue weighted by atomic mass is 10.00. The highest BCUT2D eigenvalue weighted by Gasteiger charge is 2.42. The molecule has 1 aliphatic heterocycles. The largest absolute Gasteiger partial charge is 0.310 e. The van der Waals surface area contributed by atoms with Crippen molar-refractivity contribution in [2.45, 2.75) is 32.7 Å². The normalized spacial score (nSPS) is 28.9. The summed E-state index contributed by atoms with van der Waals surface area (Å²) >= 11 is 0. The number of likely N-dealkylation sites (tertiary alicyclic amines) is 1. The van der Waals surface area contributed by atoms with E-state index in [1.165, 1.54) is 17.7 Å². The molecule has 2 fully saturated rings. The van der Waals surface area contributed by atoms with E-state index in [4.69, 9.17) is 0 Å². The van der Waals surface area contributed by atoms with Gasteiger partial charge in [0.1, 0.15) is 0 Å². The molecule has 0 spiro atoms. The third-order valence-corrected chi connectivity index (χ3v) is 3.66. The number of nitrogens with zero attached hydrogens (tertiary/aromatic N) is 1. The van der Waals surface area contributed by atoms with Gasteiger partial charge in [0.25, 0.3) is 0 Å². The number of hydrogen-bond donors (Lipinski definition) is 1. The summed E-state index contributed by atoms with van der Waals surface area (Å²) in [5.41, 5.74) is 0.903. The number of carbonyl (C=O) groups is 2. The molecule has 2 rings (SSSR count). The quantitative estimate of drug-likeness (QED) is 0.571. The van der Waals surface area contributed by atoms with Crippen molar-refractivity contribution < 1.29 is 9.59 Å². The Morgan fingerprint density at radius 3 is 2.29 bits per heavy atom. The van der Waals surface area contributed by atoms with Gasteiger partial charge < -0.3 is 5.32 Å². The minimum absolute atomic E-state index is 0.0601. The number of carbonyl (C=O) groups excluding carboxylic acids is 2. The van der Waals surface area contributed by atoms with Crippen molar-refractivity contribution in [3.05, 3.63) is 12.2 Å². The predicted octanol–water partition coefficient (Wildman–Crippen LogP) is 0.936. The fourth-order valence-corrected chi connectivity index (χ4v) is 2.04. The van der Waals surface area contributed by atoms with Crippen LogP contribution in [0.1, 0.15) is 26.7 Å². The lowest BCUT2D eigenvalue weighted by molar-refractivity contribution is -0.139. The second-order valence-electron chi connectivity index (χ2n) is 5.25. The molecule has 1 heterocycles. The minimum atomic E-state index is -0.188. The smallest absolute Gasteiger partial charge is 0.233 e. The highest BCUT2D eigenvalue weighted by atomic mass is 16.2. The van der Waals surface area contributed by atoms with E-state index >= 15 is 0 Å². The number of imide groups is 1. The van der Waals surface area contributed by atoms with Gasteiger partial charge in [-0.3, -0.25) is 14.5 Å². The molecule has 1 N–H and O–H groups in total. The summed E-state index contributed by atoms with van der Waals surface area (Å²) in [6, 6.07) is 0.620. The van der Waals surface area contributed by atoms with Crippen molar-refractivity contribution in [3.63, 3.8) is 0 Å². The summed E-state index contributed by atoms with van der Waals surface area (Å²) in [5.74, 6) is -0.497. The molecule has 94 valence electrons. The second-order valence-corrected chi connectivity index (χ2v) is 5.25. The van der Waals surface area contributed by atoms with Crippen molar-refractivity contribution in [3.8, 4) is 0 Å². The van der Waals surface area contributed by atoms with Crippen molar-refractivity contribution in [1.82, 2.24) is 10.2 Å². The maximum atomic E-state index is 11.9. The molecule has 0 aromatic carbocycles. The maximum absolute atomic E-state index is 11.9. The Morgan fingerprint density at radius 1 is 1.29 bits per heavy atom. The Labute approximate surface area is 102 Å². The molecule has 2 unspecified atom stereocenters. The summed E-state index contributed by atoms with van der Waals surface area (Å²) in [6.45, 7) is 8.63. The first-order valence-corrected chi connectivity index (χ1v) is 6.26. The lowest BCUT2D eigenvalue weighted by Gasteiger charge is -2.16. The van der Waals surface area contributed by atoms with E-state index in [9.17, 15) is 9.59 Å². The van der Waals surface area contributed by atoms with Gasteiger partial charge in [0.2, 0.25) is 11.8 Å². The summed E-state index contributed by atoms with van der Waals surface area (Å²) in [7, 11) is 0. The van der Waals surface area contributed by atoms with Crippen LogP contribution >= 0.6 is 0 Å². The summed E-state index contributed by atoms with van der Waals surface area (Å²) in [5, 5.41) is 3.33. The average molecular weight is 236 g/mol. The highest BCUT2D eigenvalue weighted by molar-refractivity contribution is 6.04. The van der Waals surface area contributed by atoms with Crippen LogP contribution in [-0.2, 0) is 9.59 Å². The Hall–Kier alpha value is -1.16. The molecule has 0 bridgehead atoms. The third-order valence-electron chi connectivity index (χ3n) is 3.66. The fourth-order valence-electron chi connectivity index (χ4n) is 2.04. The lowest BCUT2D eigenvalue weighted by Crippen LogP contribution is -2.34. The van der Waals surface area contributed by atoms with Crippen LogP contribution < -0.4 is 5.32 Å². The molecule has 2 aliphatic rings. The first-order valence-electron chi connectivity index (χ1n) is 6.26. The van der Waals surface area contributed by atoms with E-state index < -0.39 is 0 Å². The highest BCUT2D eigenvalue weighted by Crippen LogP contribution is 2.26. The van der Waals surface area contributed by atoms with Crippen LogP contribution in [0.3, 0.4) is 0 Å². The van der Waals surface area contributed by atoms with Gasteiger partial charge >= 0.3 is 0 Å². The van der Waals surface area contributed by atoms with Crippen LogP contribution in [0.5, 0.6) is 0 Å². The second kappa shape index (κ2) is 4.61. The van der Waals surface area contributed by atoms with Crippen LogP contribution in [0.2, 0.25) is 0 Å². The SMILES string of the molecule is C=C(CNC1CC1)CN1C(=O)C(C)C(C)C1=O. The molecule has 4 nitrogen and oxygen atoms in total. The average Bonchev–Trinajstić information content (AvgIpc) is 3.10. The zero-order chi connectivity index (χ0) is 12.6. The Morgan fingerprint density at radius 2 is 1.82 bits per heavy atom. The van der Waals surface area contributed by atoms with Gasteiger partial charge in [-0.05, 0) is 18.4 Å². The molecule has 4 heteroatoms. The number of hydrogen-bond acceptors (Lipinski definition) is 3. The van der Waals surface area contributed by atoms with Crippen LogP contribution in [0.15, 0.2) is 12.2 Å². The van der Waals surface area contributed by atoms with E-state index in [1.807, 2.05) is 13.8 Å². The molecule has 2 atom stereocenters. The van der Waals surface area contributed by atoms with Gasteiger partial charge in [0.05, 0.1) is 6.54 Å². The van der Waals surface area contributed by atoms with E-state index in [0.29, 0.717) is 19.1 Å². The predicted molar refractivity (Wildman–Crippen MR) is 65.2 cm³/mol. The van der Waals surface area contributed by atoms with E-state index in [1.54, 1.807) is 0 Å². The molecule has 2 amide bonds. The van der Waals surface area contributed by atoms with Gasteiger partial charge in [-0.15, -0.1) is 0 Å². The van der Waals surface area contributed by atoms with Crippen LogP contribution in [0.25, 0.3) is 0 Å². The van der Waals surface area contributed by atoms with E-state index in [2.05, 4.69) is 11.9 Å². The molecule has 0 aromatic rings. The molecular formula is C13H20N2O2. The Bertz CT molecular complexity index is 340. The van der Waals surface area contributed by atoms with Crippen molar-refractivity contribution in [1.29, 1.82) is 0 Å². The monoisotopic (exact) mass is 236 g/mol. The van der Waals surface area contributed by atoms with E-state index in [0.717, 1.165) is 5.57 Å². The molecule has 1 saturated heterocycles. The standard InChI is InChI=1S/C13H20N2O2/c1-8(6-14-11-4-5-11)7-15-12(16)9(2)10(3)13(15)17/h9-11,14H,1,4-7H2,2-3H3. The number of rotatable bonds is 5. The Balaban J connectivity index is 1.86. The van der Waals surface area contributed by atoms with Crippen LogP contribution in [0, 0.1) is 11.8 Å². The van der Waals surface area contributed by atoms with E-state index in [-0.39, 0.29) is 23.7 Å². The minimum Gasteiger partial charge on any atom is -0.310 e. The topological polar surface area (TPSA) is 49.4 Å². The van der Waals surface area contributed by atoms with Gasteiger partial charge in [0.15, 0.2) is 0 Å². The van der Waals surface area contributed by atoms with Gasteiger partial charge in [-0.1, -0.05) is 20.4 Å². The zero-order valence-corrected chi connectivity index (χ0v) is 10.5. The molecule has 0 radical (unpaired) electrons. The van der Waals surface area contributed by atoms with Crippen LogP contribution in [0.4, 0.5) is 0 Å². The molecule has 0 aromatic heterocycles. The van der Waals surface area contributed by atoms with Gasteiger partial charge in [-0.25, -0.2) is 0 Å². The van der Waals surface area contributed by atoms with Gasteiger partial charge in [0, 0.05) is 24.4 Å². The van der Waals surface area contributed by atoms with Crippen molar-refractivity contribution in [2.24, 2.45) is 11.8 Å². The maximum Gasteiger partial charge on any atom is 0.233 e. The summed E-state index contributed by atoms with van der Waals surface area (Å²) in [4.78, 5) is 25.1. The molecule has 1 saturated carbocycles. The summed E-state index contributed by atoms with van der Waals surface area (Å²) in [6.07, 6.45) is 2.45. The van der Waals surface area contributed by atoms with Crippen LogP contribution in [-0.4, -0.2) is 35.8 Å². The number of nitrogens with one attached hydrogen (secondary N) is 1. The van der Waals surface area contributed by atoms with Gasteiger partial charge in [-0.2, -0.15) is 0 Å².